The van der Waals surface area contributed by atoms with Crippen molar-refractivity contribution in [2.24, 2.45) is 0 Å². The summed E-state index contributed by atoms with van der Waals surface area (Å²) in [6, 6.07) is 2.75. The number of carbonyl (C=O) groups excluding carboxylic acids is 1. The average molecular weight is 275 g/mol. The maximum atomic E-state index is 11.6. The second-order valence-corrected chi connectivity index (χ2v) is 3.95. The van der Waals surface area contributed by atoms with Crippen molar-refractivity contribution in [2.45, 2.75) is 13.0 Å². The number of pyridine rings is 1. The molecule has 0 saturated heterocycles. The molecule has 0 unspecified atom stereocenters. The van der Waals surface area contributed by atoms with Crippen LogP contribution in [0.1, 0.15) is 11.5 Å². The Bertz CT molecular complexity index is 580. The smallest absolute Gasteiger partial charge is 0.319 e. The number of aliphatic carboxylic acids is 1. The molecule has 104 valence electrons. The number of carboxylic acid groups (broad SMARTS) is 1. The molecule has 0 aromatic carbocycles. The van der Waals surface area contributed by atoms with Crippen LogP contribution < -0.4 is 10.6 Å². The third-order valence-electron chi connectivity index (χ3n) is 2.39. The number of imidazole rings is 1. The van der Waals surface area contributed by atoms with Gasteiger partial charge in [-0.15, -0.1) is 0 Å². The molecule has 8 nitrogen and oxygen atoms in total. The first-order valence-corrected chi connectivity index (χ1v) is 5.83. The molecule has 20 heavy (non-hydrogen) atoms. The second-order valence-electron chi connectivity index (χ2n) is 3.95. The van der Waals surface area contributed by atoms with Crippen molar-refractivity contribution in [3.05, 3.63) is 42.2 Å². The summed E-state index contributed by atoms with van der Waals surface area (Å²) >= 11 is 0. The first kappa shape index (κ1) is 13.5. The van der Waals surface area contributed by atoms with Crippen molar-refractivity contribution in [1.29, 1.82) is 0 Å². The van der Waals surface area contributed by atoms with Crippen LogP contribution in [0.4, 0.5) is 10.5 Å². The number of hydrogen-bond acceptors (Lipinski definition) is 4. The van der Waals surface area contributed by atoms with Crippen molar-refractivity contribution in [3.63, 3.8) is 0 Å². The number of amides is 2. The highest BCUT2D eigenvalue weighted by atomic mass is 16.4. The summed E-state index contributed by atoms with van der Waals surface area (Å²) in [7, 11) is 0. The summed E-state index contributed by atoms with van der Waals surface area (Å²) in [6.07, 6.45) is 4.52. The minimum absolute atomic E-state index is 0.148. The van der Waals surface area contributed by atoms with Gasteiger partial charge in [-0.05, 0) is 12.1 Å². The third-order valence-corrected chi connectivity index (χ3v) is 2.39. The van der Waals surface area contributed by atoms with E-state index in [0.717, 1.165) is 0 Å². The van der Waals surface area contributed by atoms with Gasteiger partial charge in [0, 0.05) is 12.4 Å². The lowest BCUT2D eigenvalue weighted by Gasteiger charge is -2.06. The summed E-state index contributed by atoms with van der Waals surface area (Å²) in [5.74, 6) is -0.301. The molecule has 0 spiro atoms. The van der Waals surface area contributed by atoms with E-state index in [1.165, 1.54) is 6.20 Å². The van der Waals surface area contributed by atoms with Gasteiger partial charge in [0.25, 0.3) is 0 Å². The highest BCUT2D eigenvalue weighted by molar-refractivity contribution is 5.88. The Morgan fingerprint density at radius 2 is 2.15 bits per heavy atom. The van der Waals surface area contributed by atoms with E-state index in [-0.39, 0.29) is 13.0 Å². The molecule has 0 atom stereocenters. The number of nitrogens with zero attached hydrogens (tertiary/aromatic N) is 2. The van der Waals surface area contributed by atoms with E-state index in [1.54, 1.807) is 24.5 Å². The Morgan fingerprint density at radius 3 is 2.75 bits per heavy atom. The maximum absolute atomic E-state index is 11.6. The minimum Gasteiger partial charge on any atom is -0.481 e. The number of aromatic amines is 1. The molecule has 0 fully saturated rings. The van der Waals surface area contributed by atoms with E-state index in [9.17, 15) is 9.59 Å². The molecule has 0 radical (unpaired) electrons. The van der Waals surface area contributed by atoms with Gasteiger partial charge < -0.3 is 20.7 Å². The van der Waals surface area contributed by atoms with Crippen LogP contribution in [-0.4, -0.2) is 32.1 Å². The van der Waals surface area contributed by atoms with Crippen LogP contribution >= 0.6 is 0 Å². The molecular weight excluding hydrogens is 262 g/mol. The van der Waals surface area contributed by atoms with Crippen molar-refractivity contribution >= 4 is 17.7 Å². The van der Waals surface area contributed by atoms with Gasteiger partial charge in [-0.25, -0.2) is 9.78 Å². The molecule has 0 aliphatic carbocycles. The number of aromatic nitrogens is 3. The van der Waals surface area contributed by atoms with Gasteiger partial charge in [-0.1, -0.05) is 0 Å². The Morgan fingerprint density at radius 1 is 1.30 bits per heavy atom. The molecule has 2 amide bonds. The van der Waals surface area contributed by atoms with Gasteiger partial charge >= 0.3 is 12.0 Å². The van der Waals surface area contributed by atoms with Crippen molar-refractivity contribution in [1.82, 2.24) is 20.3 Å². The first-order valence-electron chi connectivity index (χ1n) is 5.83. The minimum atomic E-state index is -0.950. The number of rotatable bonds is 5. The lowest BCUT2D eigenvalue weighted by molar-refractivity contribution is -0.136. The second kappa shape index (κ2) is 6.32. The molecule has 4 N–H and O–H groups in total. The summed E-state index contributed by atoms with van der Waals surface area (Å²) in [5.41, 5.74) is 0.912. The standard InChI is InChI=1S/C12H13N5O3/c18-11(19)5-8-1-2-9(6-15-8)17-12(20)16-7-10-13-3-4-14-10/h1-4,6H,5,7H2,(H,13,14)(H,18,19)(H2,16,17,20). The van der Waals surface area contributed by atoms with Crippen LogP contribution in [0.15, 0.2) is 30.7 Å². The maximum Gasteiger partial charge on any atom is 0.319 e. The van der Waals surface area contributed by atoms with Crippen LogP contribution in [0, 0.1) is 0 Å². The molecule has 0 bridgehead atoms. The van der Waals surface area contributed by atoms with E-state index >= 15 is 0 Å². The largest absolute Gasteiger partial charge is 0.481 e. The summed E-state index contributed by atoms with van der Waals surface area (Å²) in [5, 5.41) is 13.8. The van der Waals surface area contributed by atoms with Gasteiger partial charge in [0.1, 0.15) is 5.82 Å². The Labute approximate surface area is 114 Å². The monoisotopic (exact) mass is 275 g/mol. The molecule has 2 aromatic heterocycles. The number of urea groups is 1. The van der Waals surface area contributed by atoms with Crippen molar-refractivity contribution < 1.29 is 14.7 Å². The lowest BCUT2D eigenvalue weighted by Crippen LogP contribution is -2.28. The van der Waals surface area contributed by atoms with E-state index in [4.69, 9.17) is 5.11 Å². The van der Waals surface area contributed by atoms with Gasteiger partial charge in [0.2, 0.25) is 0 Å². The van der Waals surface area contributed by atoms with Gasteiger partial charge in [0.15, 0.2) is 0 Å². The summed E-state index contributed by atoms with van der Waals surface area (Å²) < 4.78 is 0. The molecule has 2 rings (SSSR count). The van der Waals surface area contributed by atoms with Crippen LogP contribution in [0.3, 0.4) is 0 Å². The quantitative estimate of drug-likeness (QED) is 0.642. The Kier molecular flexibility index (Phi) is 4.28. The molecular formula is C12H13N5O3. The van der Waals surface area contributed by atoms with E-state index < -0.39 is 12.0 Å². The molecule has 0 aliphatic rings. The summed E-state index contributed by atoms with van der Waals surface area (Å²) in [6.45, 7) is 0.281. The van der Waals surface area contributed by atoms with Crippen LogP contribution in [0.2, 0.25) is 0 Å². The van der Waals surface area contributed by atoms with Gasteiger partial charge in [-0.2, -0.15) is 0 Å². The van der Waals surface area contributed by atoms with Crippen molar-refractivity contribution in [2.75, 3.05) is 5.32 Å². The molecule has 0 saturated carbocycles. The molecule has 8 heteroatoms. The average Bonchev–Trinajstić information content (AvgIpc) is 2.91. The van der Waals surface area contributed by atoms with Crippen LogP contribution in [0.5, 0.6) is 0 Å². The topological polar surface area (TPSA) is 120 Å². The van der Waals surface area contributed by atoms with Gasteiger partial charge in [0.05, 0.1) is 30.5 Å². The lowest BCUT2D eigenvalue weighted by atomic mass is 10.2. The number of nitrogens with one attached hydrogen (secondary N) is 3. The van der Waals surface area contributed by atoms with Crippen LogP contribution in [0.25, 0.3) is 0 Å². The number of carbonyl (C=O) groups is 2. The Hall–Kier alpha value is -2.90. The fourth-order valence-corrected chi connectivity index (χ4v) is 1.49. The zero-order chi connectivity index (χ0) is 14.4. The van der Waals surface area contributed by atoms with Crippen LogP contribution in [-0.2, 0) is 17.8 Å². The number of H-pyrrole nitrogens is 1. The zero-order valence-corrected chi connectivity index (χ0v) is 10.5. The van der Waals surface area contributed by atoms with E-state index in [1.807, 2.05) is 0 Å². The fraction of sp³-hybridized carbons (Fsp3) is 0.167. The SMILES string of the molecule is O=C(O)Cc1ccc(NC(=O)NCc2ncc[nH]2)cn1. The summed E-state index contributed by atoms with van der Waals surface area (Å²) in [4.78, 5) is 32.9. The number of anilines is 1. The van der Waals surface area contributed by atoms with E-state index in [2.05, 4.69) is 25.6 Å². The number of carboxylic acids is 1. The molecule has 0 aliphatic heterocycles. The molecule has 2 aromatic rings. The van der Waals surface area contributed by atoms with E-state index in [0.29, 0.717) is 17.2 Å². The number of hydrogen-bond donors (Lipinski definition) is 4. The first-order chi connectivity index (χ1) is 9.63. The highest BCUT2D eigenvalue weighted by Crippen LogP contribution is 2.06. The van der Waals surface area contributed by atoms with Crippen molar-refractivity contribution in [3.8, 4) is 0 Å². The molecule has 2 heterocycles. The Balaban J connectivity index is 1.83. The highest BCUT2D eigenvalue weighted by Gasteiger charge is 2.05. The normalized spacial score (nSPS) is 10.0. The predicted octanol–water partition coefficient (Wildman–Crippen LogP) is 0.754. The van der Waals surface area contributed by atoms with Gasteiger partial charge in [-0.3, -0.25) is 9.78 Å². The fourth-order valence-electron chi connectivity index (χ4n) is 1.49. The third kappa shape index (κ3) is 4.09. The predicted molar refractivity (Wildman–Crippen MR) is 70.0 cm³/mol. The zero-order valence-electron chi connectivity index (χ0n) is 10.5.